The summed E-state index contributed by atoms with van der Waals surface area (Å²) in [6, 6.07) is 13.4. The van der Waals surface area contributed by atoms with Gasteiger partial charge in [0, 0.05) is 94.2 Å². The zero-order valence-electron chi connectivity index (χ0n) is 36.1. The average molecular weight is 879 g/mol. The lowest BCUT2D eigenvalue weighted by Crippen LogP contribution is -2.52. The van der Waals surface area contributed by atoms with Gasteiger partial charge in [-0.1, -0.05) is 25.5 Å². The van der Waals surface area contributed by atoms with Crippen LogP contribution in [0.1, 0.15) is 64.9 Å². The maximum absolute atomic E-state index is 14.3. The number of nitrogens with one attached hydrogen (secondary N) is 3. The van der Waals surface area contributed by atoms with Crippen molar-refractivity contribution in [1.82, 2.24) is 54.1 Å². The maximum atomic E-state index is 14.3. The third-order valence-electron chi connectivity index (χ3n) is 12.2. The zero-order valence-corrected chi connectivity index (χ0v) is 36.9. The molecule has 1 unspecified atom stereocenters. The highest BCUT2D eigenvalue weighted by molar-refractivity contribution is 7.89. The van der Waals surface area contributed by atoms with Crippen molar-refractivity contribution < 1.29 is 22.7 Å². The van der Waals surface area contributed by atoms with Crippen LogP contribution in [0.25, 0.3) is 27.8 Å². The monoisotopic (exact) mass is 878 g/mol. The van der Waals surface area contributed by atoms with Gasteiger partial charge < -0.3 is 15.0 Å². The second kappa shape index (κ2) is 17.6. The van der Waals surface area contributed by atoms with Gasteiger partial charge in [0.25, 0.3) is 0 Å². The molecule has 3 N–H and O–H groups in total. The van der Waals surface area contributed by atoms with Crippen molar-refractivity contribution in [3.05, 3.63) is 66.7 Å². The number of hydrogen-bond acceptors (Lipinski definition) is 13. The zero-order chi connectivity index (χ0) is 43.8. The number of H-pyrrole nitrogens is 1. The highest BCUT2D eigenvalue weighted by Crippen LogP contribution is 2.34. The van der Waals surface area contributed by atoms with Crippen molar-refractivity contribution in [2.45, 2.75) is 88.9 Å². The van der Waals surface area contributed by atoms with Crippen molar-refractivity contribution in [2.24, 2.45) is 7.05 Å². The summed E-state index contributed by atoms with van der Waals surface area (Å²) in [5.74, 6) is 1.21. The first-order valence-electron chi connectivity index (χ1n) is 21.8. The molecular weight excluding hydrogens is 825 g/mol. The molecule has 2 aromatic carbocycles. The van der Waals surface area contributed by atoms with Gasteiger partial charge in [0.1, 0.15) is 12.0 Å². The number of hydrogen-bond donors (Lipinski definition) is 3. The van der Waals surface area contributed by atoms with E-state index >= 15 is 0 Å². The molecule has 7 heterocycles. The second-order valence-electron chi connectivity index (χ2n) is 16.8. The summed E-state index contributed by atoms with van der Waals surface area (Å²) in [6.45, 7) is 10.3. The van der Waals surface area contributed by atoms with Crippen LogP contribution >= 0.6 is 0 Å². The molecule has 2 atom stereocenters. The molecule has 0 bridgehead atoms. The normalized spacial score (nSPS) is 19.8. The SMILES string of the molecule is CCC1CN(c2ccc3c(N4CCC(=O)NC4=O)nn(C)c3c2)CCN1Cc1cccc(S(=O)(=O)N2CCCC[C@@H](Nc3nc4c(OC(C)C)c(-c5cn[nH]c5)ncn4n3)CC2)c1. The molecule has 63 heavy (non-hydrogen) atoms. The molecule has 9 rings (SSSR count). The van der Waals surface area contributed by atoms with E-state index in [1.807, 2.05) is 45.2 Å². The van der Waals surface area contributed by atoms with Crippen molar-refractivity contribution in [1.29, 1.82) is 0 Å². The van der Waals surface area contributed by atoms with E-state index in [2.05, 4.69) is 64.9 Å². The lowest BCUT2D eigenvalue weighted by molar-refractivity contribution is -0.120. The molecule has 4 aromatic heterocycles. The van der Waals surface area contributed by atoms with Gasteiger partial charge in [0.15, 0.2) is 11.6 Å². The number of carbonyl (C=O) groups excluding carboxylic acids is 2. The van der Waals surface area contributed by atoms with Crippen LogP contribution in [0.3, 0.4) is 0 Å². The van der Waals surface area contributed by atoms with E-state index < -0.39 is 16.1 Å². The number of piperazine rings is 1. The molecule has 0 radical (unpaired) electrons. The van der Waals surface area contributed by atoms with Gasteiger partial charge in [-0.05, 0) is 75.4 Å². The third kappa shape index (κ3) is 8.66. The molecule has 332 valence electrons. The predicted molar refractivity (Wildman–Crippen MR) is 238 cm³/mol. The highest BCUT2D eigenvalue weighted by Gasteiger charge is 2.32. The summed E-state index contributed by atoms with van der Waals surface area (Å²) < 4.78 is 39.8. The largest absolute Gasteiger partial charge is 0.485 e. The molecule has 19 nitrogen and oxygen atoms in total. The Bertz CT molecular complexity index is 2730. The van der Waals surface area contributed by atoms with Crippen LogP contribution in [-0.4, -0.2) is 127 Å². The lowest BCUT2D eigenvalue weighted by Gasteiger charge is -2.42. The van der Waals surface area contributed by atoms with Crippen LogP contribution < -0.4 is 25.2 Å². The Labute approximate surface area is 365 Å². The summed E-state index contributed by atoms with van der Waals surface area (Å²) >= 11 is 0. The summed E-state index contributed by atoms with van der Waals surface area (Å²) in [6.07, 6.45) is 9.15. The molecular formula is C43H54N14O5S. The fraction of sp³-hybridized carbons (Fsp3) is 0.465. The Hall–Kier alpha value is -6.12. The van der Waals surface area contributed by atoms with Gasteiger partial charge in [-0.25, -0.2) is 18.2 Å². The number of amides is 3. The first kappa shape index (κ1) is 42.2. The number of urea groups is 1. The number of imide groups is 1. The van der Waals surface area contributed by atoms with E-state index in [0.717, 1.165) is 73.0 Å². The molecule has 3 amide bonds. The Morgan fingerprint density at radius 3 is 2.67 bits per heavy atom. The number of fused-ring (bicyclic) bond motifs is 2. The van der Waals surface area contributed by atoms with Crippen LogP contribution in [-0.2, 0) is 28.4 Å². The van der Waals surface area contributed by atoms with E-state index in [-0.39, 0.29) is 30.5 Å². The van der Waals surface area contributed by atoms with E-state index in [4.69, 9.17) is 9.72 Å². The van der Waals surface area contributed by atoms with Gasteiger partial charge >= 0.3 is 6.03 Å². The van der Waals surface area contributed by atoms with Crippen LogP contribution in [0, 0.1) is 0 Å². The minimum absolute atomic E-state index is 0.0356. The summed E-state index contributed by atoms with van der Waals surface area (Å²) in [5.41, 5.74) is 4.87. The Kier molecular flexibility index (Phi) is 11.8. The van der Waals surface area contributed by atoms with Gasteiger partial charge in [-0.2, -0.15) is 24.0 Å². The average Bonchev–Trinajstić information content (AvgIpc) is 4.02. The predicted octanol–water partition coefficient (Wildman–Crippen LogP) is 4.78. The van der Waals surface area contributed by atoms with Crippen molar-refractivity contribution in [3.8, 4) is 17.0 Å². The van der Waals surface area contributed by atoms with Crippen molar-refractivity contribution in [2.75, 3.05) is 54.4 Å². The Morgan fingerprint density at radius 2 is 1.87 bits per heavy atom. The smallest absolute Gasteiger partial charge is 0.329 e. The molecule has 20 heteroatoms. The van der Waals surface area contributed by atoms with Crippen LogP contribution in [0.15, 0.2) is 66.1 Å². The summed E-state index contributed by atoms with van der Waals surface area (Å²) in [5, 5.41) is 22.9. The highest BCUT2D eigenvalue weighted by atomic mass is 32.2. The van der Waals surface area contributed by atoms with Gasteiger partial charge in [0.2, 0.25) is 27.5 Å². The fourth-order valence-electron chi connectivity index (χ4n) is 8.93. The first-order valence-corrected chi connectivity index (χ1v) is 23.2. The number of carbonyl (C=O) groups is 2. The van der Waals surface area contributed by atoms with E-state index in [9.17, 15) is 18.0 Å². The van der Waals surface area contributed by atoms with Crippen LogP contribution in [0.5, 0.6) is 5.75 Å². The second-order valence-corrected chi connectivity index (χ2v) is 18.8. The van der Waals surface area contributed by atoms with Crippen molar-refractivity contribution in [3.63, 3.8) is 0 Å². The number of aryl methyl sites for hydroxylation is 1. The molecule has 3 fully saturated rings. The van der Waals surface area contributed by atoms with Crippen molar-refractivity contribution >= 4 is 56.0 Å². The molecule has 0 saturated carbocycles. The molecule has 3 aliphatic heterocycles. The standard InChI is InChI=1S/C43H54N14O5S/c1-5-32-26-54(33-12-13-35-36(22-33)52(4)50-40(35)56-18-15-37(58)48-43(56)59)20-19-53(32)25-29-9-8-11-34(21-29)63(60,61)55-16-7-6-10-31(14-17-55)47-42-49-41-39(62-28(2)3)38(30-23-45-46-24-30)44-27-57(41)51-42/h8-9,11-13,21-24,27-28,31-32H,5-7,10,14-20,25-26H2,1-4H3,(H,45,46)(H,47,51)(H,48,58,59)/t31-,32?/m1/s1. The van der Waals surface area contributed by atoms with Gasteiger partial charge in [0.05, 0.1) is 22.7 Å². The van der Waals surface area contributed by atoms with E-state index in [1.165, 1.54) is 4.90 Å². The molecule has 0 spiro atoms. The number of anilines is 3. The van der Waals surface area contributed by atoms with E-state index in [1.54, 1.807) is 38.3 Å². The number of nitrogens with zero attached hydrogens (tertiary/aromatic N) is 11. The molecule has 3 aliphatic rings. The lowest BCUT2D eigenvalue weighted by atomic mass is 10.0. The number of aromatic nitrogens is 8. The maximum Gasteiger partial charge on any atom is 0.329 e. The number of aromatic amines is 1. The first-order chi connectivity index (χ1) is 30.4. The topological polar surface area (TPSA) is 204 Å². The van der Waals surface area contributed by atoms with Gasteiger partial charge in [-0.15, -0.1) is 5.10 Å². The minimum Gasteiger partial charge on any atom is -0.485 e. The summed E-state index contributed by atoms with van der Waals surface area (Å²) in [4.78, 5) is 40.4. The molecule has 6 aromatic rings. The number of sulfonamides is 1. The van der Waals surface area contributed by atoms with Gasteiger partial charge in [-0.3, -0.25) is 29.7 Å². The number of rotatable bonds is 12. The van der Waals surface area contributed by atoms with Crippen LogP contribution in [0.2, 0.25) is 0 Å². The summed E-state index contributed by atoms with van der Waals surface area (Å²) in [7, 11) is -1.89. The number of benzene rings is 2. The number of ether oxygens (including phenoxy) is 1. The fourth-order valence-corrected chi connectivity index (χ4v) is 10.5. The minimum atomic E-state index is -3.76. The Balaban J connectivity index is 0.846. The Morgan fingerprint density at radius 1 is 1.00 bits per heavy atom. The van der Waals surface area contributed by atoms with Crippen LogP contribution in [0.4, 0.5) is 22.2 Å². The quantitative estimate of drug-likeness (QED) is 0.152. The molecule has 0 aliphatic carbocycles. The van der Waals surface area contributed by atoms with E-state index in [0.29, 0.717) is 66.4 Å². The third-order valence-corrected chi connectivity index (χ3v) is 14.1. The molecule has 3 saturated heterocycles.